The second-order valence-electron chi connectivity index (χ2n) is 9.54. The molecule has 4 nitrogen and oxygen atoms in total. The highest BCUT2D eigenvalue weighted by Crippen LogP contribution is 2.34. The fourth-order valence-corrected chi connectivity index (χ4v) is 4.01. The Kier molecular flexibility index (Phi) is 8.74. The average Bonchev–Trinajstić information content (AvgIpc) is 3.71. The van der Waals surface area contributed by atoms with Gasteiger partial charge in [0.2, 0.25) is 0 Å². The van der Waals surface area contributed by atoms with Crippen LogP contribution in [0.1, 0.15) is 41.3 Å². The van der Waals surface area contributed by atoms with Crippen molar-refractivity contribution in [3.63, 3.8) is 0 Å². The van der Waals surface area contributed by atoms with Crippen molar-refractivity contribution >= 4 is 0 Å². The Hall–Kier alpha value is -2.95. The third-order valence-electron chi connectivity index (χ3n) is 6.33. The first-order chi connectivity index (χ1) is 18.0. The summed E-state index contributed by atoms with van der Waals surface area (Å²) >= 11 is 0. The van der Waals surface area contributed by atoms with E-state index >= 15 is 0 Å². The lowest BCUT2D eigenvalue weighted by Crippen LogP contribution is -2.38. The largest absolute Gasteiger partial charge is 0.433 e. The van der Waals surface area contributed by atoms with Gasteiger partial charge < -0.3 is 15.2 Å². The summed E-state index contributed by atoms with van der Waals surface area (Å²) in [5, 5.41) is 14.0. The number of rotatable bonds is 11. The van der Waals surface area contributed by atoms with Gasteiger partial charge in [0.1, 0.15) is 5.69 Å². The number of aliphatic hydroxyl groups excluding tert-OH is 1. The van der Waals surface area contributed by atoms with Crippen molar-refractivity contribution in [1.29, 1.82) is 0 Å². The van der Waals surface area contributed by atoms with Crippen molar-refractivity contribution in [1.82, 2.24) is 10.3 Å². The lowest BCUT2D eigenvalue weighted by Gasteiger charge is -2.22. The Morgan fingerprint density at radius 3 is 2.21 bits per heavy atom. The van der Waals surface area contributed by atoms with Crippen LogP contribution < -0.4 is 5.32 Å². The van der Waals surface area contributed by atoms with Gasteiger partial charge in [-0.1, -0.05) is 42.5 Å². The number of aromatic nitrogens is 1. The number of halogens is 6. The molecule has 38 heavy (non-hydrogen) atoms. The summed E-state index contributed by atoms with van der Waals surface area (Å²) in [5.74, 6) is 0.569. The number of ether oxygens (including phenoxy) is 1. The van der Waals surface area contributed by atoms with Gasteiger partial charge in [-0.15, -0.1) is 0 Å². The molecule has 2 N–H and O–H groups in total. The number of pyridine rings is 1. The van der Waals surface area contributed by atoms with Crippen molar-refractivity contribution in [2.45, 2.75) is 43.8 Å². The number of aliphatic hydroxyl groups is 1. The zero-order chi connectivity index (χ0) is 27.3. The lowest BCUT2D eigenvalue weighted by atomic mass is 10.0. The smallest absolute Gasteiger partial charge is 0.387 e. The molecule has 1 unspecified atom stereocenters. The topological polar surface area (TPSA) is 54.4 Å². The van der Waals surface area contributed by atoms with Crippen LogP contribution in [0.3, 0.4) is 0 Å². The number of hydrogen-bond acceptors (Lipinski definition) is 4. The molecule has 2 aromatic carbocycles. The van der Waals surface area contributed by atoms with Crippen LogP contribution in [0, 0.1) is 5.92 Å². The van der Waals surface area contributed by atoms with Crippen LogP contribution >= 0.6 is 0 Å². The minimum Gasteiger partial charge on any atom is -0.387 e. The first-order valence-corrected chi connectivity index (χ1v) is 12.3. The highest BCUT2D eigenvalue weighted by Gasteiger charge is 2.34. The highest BCUT2D eigenvalue weighted by molar-refractivity contribution is 5.61. The molecule has 1 aliphatic rings. The Labute approximate surface area is 216 Å². The van der Waals surface area contributed by atoms with Crippen LogP contribution in [-0.4, -0.2) is 35.9 Å². The molecule has 1 aliphatic carbocycles. The molecule has 10 heteroatoms. The molecular formula is C28H28F6N2O2. The standard InChI is InChI=1S/C28H28F6N2O2/c29-27(30,31)22-10-8-20(9-11-22)24-13-21(14-26(36-24)28(32,33)34)25(37)15-35-23(17-38-16-19-6-7-19)12-18-4-2-1-3-5-18/h1-5,8-11,13-14,19,23,25,35,37H,6-7,12,15-17H2/t23-,25?/m0/s1. The highest BCUT2D eigenvalue weighted by atomic mass is 19.4. The van der Waals surface area contributed by atoms with Crippen LogP contribution in [0.2, 0.25) is 0 Å². The van der Waals surface area contributed by atoms with Crippen molar-refractivity contribution in [3.8, 4) is 11.3 Å². The molecular weight excluding hydrogens is 510 g/mol. The van der Waals surface area contributed by atoms with Gasteiger partial charge in [-0.3, -0.25) is 0 Å². The SMILES string of the molecule is OC(CN[C@H](COCC1CC1)Cc1ccccc1)c1cc(-c2ccc(C(F)(F)F)cc2)nc(C(F)(F)F)c1. The Morgan fingerprint density at radius 2 is 1.61 bits per heavy atom. The molecule has 1 heterocycles. The van der Waals surface area contributed by atoms with E-state index < -0.39 is 29.7 Å². The van der Waals surface area contributed by atoms with Gasteiger partial charge in [-0.05, 0) is 60.6 Å². The average molecular weight is 539 g/mol. The molecule has 2 atom stereocenters. The summed E-state index contributed by atoms with van der Waals surface area (Å²) in [4.78, 5) is 3.61. The van der Waals surface area contributed by atoms with E-state index in [0.717, 1.165) is 48.7 Å². The minimum absolute atomic E-state index is 0.0490. The molecule has 0 amide bonds. The Balaban J connectivity index is 1.51. The van der Waals surface area contributed by atoms with Crippen LogP contribution in [0.25, 0.3) is 11.3 Å². The third kappa shape index (κ3) is 8.02. The molecule has 0 bridgehead atoms. The maximum atomic E-state index is 13.6. The van der Waals surface area contributed by atoms with Crippen molar-refractivity contribution < 1.29 is 36.2 Å². The van der Waals surface area contributed by atoms with Gasteiger partial charge in [-0.25, -0.2) is 4.98 Å². The van der Waals surface area contributed by atoms with Crippen LogP contribution in [0.5, 0.6) is 0 Å². The number of alkyl halides is 6. The maximum absolute atomic E-state index is 13.6. The van der Waals surface area contributed by atoms with Crippen molar-refractivity contribution in [3.05, 3.63) is 89.1 Å². The van der Waals surface area contributed by atoms with Crippen LogP contribution in [0.15, 0.2) is 66.7 Å². The quantitative estimate of drug-likeness (QED) is 0.276. The predicted molar refractivity (Wildman–Crippen MR) is 130 cm³/mol. The Bertz CT molecular complexity index is 1180. The summed E-state index contributed by atoms with van der Waals surface area (Å²) < 4.78 is 85.3. The maximum Gasteiger partial charge on any atom is 0.433 e. The summed E-state index contributed by atoms with van der Waals surface area (Å²) in [6.07, 6.45) is -7.84. The first kappa shape index (κ1) is 28.1. The molecule has 0 spiro atoms. The van der Waals surface area contributed by atoms with Gasteiger partial charge in [-0.2, -0.15) is 26.3 Å². The fraction of sp³-hybridized carbons (Fsp3) is 0.393. The predicted octanol–water partition coefficient (Wildman–Crippen LogP) is 6.45. The van der Waals surface area contributed by atoms with Crippen LogP contribution in [-0.2, 0) is 23.5 Å². The molecule has 3 aromatic rings. The lowest BCUT2D eigenvalue weighted by molar-refractivity contribution is -0.141. The van der Waals surface area contributed by atoms with Gasteiger partial charge in [0.15, 0.2) is 0 Å². The molecule has 204 valence electrons. The number of nitrogens with one attached hydrogen (secondary N) is 1. The zero-order valence-corrected chi connectivity index (χ0v) is 20.4. The van der Waals surface area contributed by atoms with E-state index in [0.29, 0.717) is 25.6 Å². The van der Waals surface area contributed by atoms with E-state index in [-0.39, 0.29) is 29.4 Å². The van der Waals surface area contributed by atoms with Crippen LogP contribution in [0.4, 0.5) is 26.3 Å². The molecule has 0 aliphatic heterocycles. The van der Waals surface area contributed by atoms with E-state index in [9.17, 15) is 31.4 Å². The molecule has 0 saturated heterocycles. The van der Waals surface area contributed by atoms with Crippen molar-refractivity contribution in [2.24, 2.45) is 5.92 Å². The number of nitrogens with zero attached hydrogens (tertiary/aromatic N) is 1. The Morgan fingerprint density at radius 1 is 0.921 bits per heavy atom. The van der Waals surface area contributed by atoms with E-state index in [4.69, 9.17) is 4.74 Å². The summed E-state index contributed by atoms with van der Waals surface area (Å²) in [7, 11) is 0. The van der Waals surface area contributed by atoms with Gasteiger partial charge in [0.25, 0.3) is 0 Å². The molecule has 1 aromatic heterocycles. The summed E-state index contributed by atoms with van der Waals surface area (Å²) in [6.45, 7) is 0.961. The monoisotopic (exact) mass is 538 g/mol. The van der Waals surface area contributed by atoms with Gasteiger partial charge in [0, 0.05) is 24.8 Å². The van der Waals surface area contributed by atoms with E-state index in [1.165, 1.54) is 6.07 Å². The number of benzene rings is 2. The van der Waals surface area contributed by atoms with Gasteiger partial charge in [0.05, 0.1) is 24.0 Å². The third-order valence-corrected chi connectivity index (χ3v) is 6.33. The summed E-state index contributed by atoms with van der Waals surface area (Å²) in [6, 6.07) is 15.2. The van der Waals surface area contributed by atoms with E-state index in [2.05, 4.69) is 10.3 Å². The molecule has 1 fully saturated rings. The number of hydrogen-bond donors (Lipinski definition) is 2. The molecule has 4 rings (SSSR count). The minimum atomic E-state index is -4.81. The van der Waals surface area contributed by atoms with E-state index in [1.807, 2.05) is 30.3 Å². The summed E-state index contributed by atoms with van der Waals surface area (Å²) in [5.41, 5.74) is -1.28. The van der Waals surface area contributed by atoms with Crippen molar-refractivity contribution in [2.75, 3.05) is 19.8 Å². The second kappa shape index (κ2) is 11.8. The first-order valence-electron chi connectivity index (χ1n) is 12.3. The molecule has 0 radical (unpaired) electrons. The second-order valence-corrected chi connectivity index (χ2v) is 9.54. The normalized spacial score (nSPS) is 15.9. The molecule has 1 saturated carbocycles. The zero-order valence-electron chi connectivity index (χ0n) is 20.4. The fourth-order valence-electron chi connectivity index (χ4n) is 4.01. The van der Waals surface area contributed by atoms with Gasteiger partial charge >= 0.3 is 12.4 Å². The van der Waals surface area contributed by atoms with E-state index in [1.54, 1.807) is 0 Å².